The highest BCUT2D eigenvalue weighted by molar-refractivity contribution is 9.10. The van der Waals surface area contributed by atoms with Crippen LogP contribution in [0.5, 0.6) is 0 Å². The van der Waals surface area contributed by atoms with Crippen molar-refractivity contribution < 1.29 is 4.39 Å². The first kappa shape index (κ1) is 12.1. The highest BCUT2D eigenvalue weighted by atomic mass is 79.9. The summed E-state index contributed by atoms with van der Waals surface area (Å²) in [4.78, 5) is 4.20. The van der Waals surface area contributed by atoms with Crippen LogP contribution in [-0.2, 0) is 0 Å². The van der Waals surface area contributed by atoms with Crippen molar-refractivity contribution in [1.82, 2.24) is 9.55 Å². The fraction of sp³-hybridized carbons (Fsp3) is 0.250. The second kappa shape index (κ2) is 5.31. The summed E-state index contributed by atoms with van der Waals surface area (Å²) >= 11 is 3.14. The Kier molecular flexibility index (Phi) is 3.78. The molecule has 0 fully saturated rings. The zero-order valence-corrected chi connectivity index (χ0v) is 11.0. The molecule has 1 heterocycles. The van der Waals surface area contributed by atoms with Crippen LogP contribution < -0.4 is 5.32 Å². The quantitative estimate of drug-likeness (QED) is 0.934. The molecule has 2 rings (SSSR count). The Morgan fingerprint density at radius 1 is 1.47 bits per heavy atom. The van der Waals surface area contributed by atoms with Crippen LogP contribution in [0.25, 0.3) is 5.69 Å². The average molecular weight is 298 g/mol. The van der Waals surface area contributed by atoms with Gasteiger partial charge < -0.3 is 5.32 Å². The Hall–Kier alpha value is -1.36. The van der Waals surface area contributed by atoms with Crippen LogP contribution in [0.15, 0.2) is 35.1 Å². The van der Waals surface area contributed by atoms with E-state index in [1.165, 1.54) is 6.07 Å². The molecule has 0 radical (unpaired) electrons. The molecule has 5 heteroatoms. The lowest BCUT2D eigenvalue weighted by atomic mass is 10.3. The minimum absolute atomic E-state index is 0.280. The van der Waals surface area contributed by atoms with Crippen molar-refractivity contribution in [3.8, 4) is 5.69 Å². The van der Waals surface area contributed by atoms with Gasteiger partial charge in [0.15, 0.2) is 0 Å². The number of nitrogens with one attached hydrogen (secondary N) is 1. The molecular formula is C12H13BrFN3. The number of halogens is 2. The Morgan fingerprint density at radius 3 is 3.00 bits per heavy atom. The summed E-state index contributed by atoms with van der Waals surface area (Å²) in [7, 11) is 0. The number of benzene rings is 1. The third-order valence-electron chi connectivity index (χ3n) is 2.36. The molecule has 0 amide bonds. The molecule has 1 aromatic carbocycles. The van der Waals surface area contributed by atoms with Gasteiger partial charge in [-0.15, -0.1) is 0 Å². The van der Waals surface area contributed by atoms with Gasteiger partial charge in [-0.1, -0.05) is 6.92 Å². The van der Waals surface area contributed by atoms with E-state index in [-0.39, 0.29) is 5.82 Å². The molecule has 0 atom stereocenters. The van der Waals surface area contributed by atoms with Gasteiger partial charge in [-0.3, -0.25) is 4.57 Å². The standard InChI is InChI=1S/C12H13BrFN3/c1-2-5-15-12-16-6-7-17(12)9-3-4-10(13)11(14)8-9/h3-4,6-8H,2,5H2,1H3,(H,15,16). The van der Waals surface area contributed by atoms with Crippen LogP contribution in [0.2, 0.25) is 0 Å². The van der Waals surface area contributed by atoms with Crippen LogP contribution in [0.4, 0.5) is 10.3 Å². The second-order valence-electron chi connectivity index (χ2n) is 3.65. The molecule has 3 nitrogen and oxygen atoms in total. The molecule has 0 spiro atoms. The van der Waals surface area contributed by atoms with Gasteiger partial charge in [0.1, 0.15) is 5.82 Å². The summed E-state index contributed by atoms with van der Waals surface area (Å²) < 4.78 is 15.7. The zero-order chi connectivity index (χ0) is 12.3. The highest BCUT2D eigenvalue weighted by Crippen LogP contribution is 2.21. The first-order chi connectivity index (χ1) is 8.22. The smallest absolute Gasteiger partial charge is 0.207 e. The van der Waals surface area contributed by atoms with E-state index >= 15 is 0 Å². The third kappa shape index (κ3) is 2.66. The Labute approximate surface area is 108 Å². The SMILES string of the molecule is CCCNc1nccn1-c1ccc(Br)c(F)c1. The summed E-state index contributed by atoms with van der Waals surface area (Å²) in [6.45, 7) is 2.93. The van der Waals surface area contributed by atoms with E-state index in [0.717, 1.165) is 24.6 Å². The van der Waals surface area contributed by atoms with Crippen LogP contribution in [0.1, 0.15) is 13.3 Å². The van der Waals surface area contributed by atoms with E-state index in [1.807, 2.05) is 10.6 Å². The van der Waals surface area contributed by atoms with Crippen LogP contribution in [0.3, 0.4) is 0 Å². The maximum Gasteiger partial charge on any atom is 0.207 e. The summed E-state index contributed by atoms with van der Waals surface area (Å²) in [6, 6.07) is 5.00. The van der Waals surface area contributed by atoms with Crippen molar-refractivity contribution in [2.75, 3.05) is 11.9 Å². The number of rotatable bonds is 4. The fourth-order valence-corrected chi connectivity index (χ4v) is 1.76. The third-order valence-corrected chi connectivity index (χ3v) is 3.00. The van der Waals surface area contributed by atoms with Gasteiger partial charge in [0.25, 0.3) is 0 Å². The fourth-order valence-electron chi connectivity index (χ4n) is 1.51. The second-order valence-corrected chi connectivity index (χ2v) is 4.50. The Balaban J connectivity index is 2.32. The van der Waals surface area contributed by atoms with Crippen LogP contribution >= 0.6 is 15.9 Å². The topological polar surface area (TPSA) is 29.9 Å². The molecule has 2 aromatic rings. The molecule has 0 saturated heterocycles. The molecule has 17 heavy (non-hydrogen) atoms. The average Bonchev–Trinajstić information content (AvgIpc) is 2.78. The summed E-state index contributed by atoms with van der Waals surface area (Å²) in [5.74, 6) is 0.450. The van der Waals surface area contributed by atoms with E-state index in [2.05, 4.69) is 33.2 Å². The number of hydrogen-bond donors (Lipinski definition) is 1. The molecule has 0 bridgehead atoms. The largest absolute Gasteiger partial charge is 0.355 e. The van der Waals surface area contributed by atoms with Gasteiger partial charge in [0, 0.05) is 18.9 Å². The van der Waals surface area contributed by atoms with Crippen molar-refractivity contribution in [2.24, 2.45) is 0 Å². The van der Waals surface area contributed by atoms with Crippen molar-refractivity contribution in [1.29, 1.82) is 0 Å². The molecule has 0 aliphatic carbocycles. The molecule has 0 saturated carbocycles. The van der Waals surface area contributed by atoms with E-state index in [4.69, 9.17) is 0 Å². The van der Waals surface area contributed by atoms with Gasteiger partial charge in [0.05, 0.1) is 10.2 Å². The molecule has 0 unspecified atom stereocenters. The molecule has 1 aromatic heterocycles. The lowest BCUT2D eigenvalue weighted by Crippen LogP contribution is -2.06. The number of imidazole rings is 1. The molecule has 1 N–H and O–H groups in total. The summed E-state index contributed by atoms with van der Waals surface area (Å²) in [5, 5.41) is 3.19. The van der Waals surface area contributed by atoms with E-state index in [9.17, 15) is 4.39 Å². The van der Waals surface area contributed by atoms with Crippen molar-refractivity contribution in [2.45, 2.75) is 13.3 Å². The Bertz CT molecular complexity index is 510. The maximum atomic E-state index is 13.5. The van der Waals surface area contributed by atoms with Gasteiger partial charge in [-0.2, -0.15) is 0 Å². The van der Waals surface area contributed by atoms with Gasteiger partial charge in [0.2, 0.25) is 5.95 Å². The van der Waals surface area contributed by atoms with Gasteiger partial charge in [-0.25, -0.2) is 9.37 Å². The first-order valence-corrected chi connectivity index (χ1v) is 6.24. The Morgan fingerprint density at radius 2 is 2.29 bits per heavy atom. The lowest BCUT2D eigenvalue weighted by Gasteiger charge is -2.09. The number of hydrogen-bond acceptors (Lipinski definition) is 2. The molecular weight excluding hydrogens is 285 g/mol. The lowest BCUT2D eigenvalue weighted by molar-refractivity contribution is 0.620. The normalized spacial score (nSPS) is 10.5. The maximum absolute atomic E-state index is 13.5. The van der Waals surface area contributed by atoms with E-state index in [1.54, 1.807) is 18.5 Å². The predicted molar refractivity (Wildman–Crippen MR) is 70.0 cm³/mol. The zero-order valence-electron chi connectivity index (χ0n) is 9.45. The monoisotopic (exact) mass is 297 g/mol. The molecule has 90 valence electrons. The molecule has 0 aliphatic rings. The summed E-state index contributed by atoms with van der Waals surface area (Å²) in [5.41, 5.74) is 0.752. The predicted octanol–water partition coefficient (Wildman–Crippen LogP) is 3.60. The number of anilines is 1. The number of aromatic nitrogens is 2. The van der Waals surface area contributed by atoms with Crippen LogP contribution in [0, 0.1) is 5.82 Å². The molecule has 0 aliphatic heterocycles. The van der Waals surface area contributed by atoms with Crippen molar-refractivity contribution in [3.05, 3.63) is 40.9 Å². The van der Waals surface area contributed by atoms with E-state index in [0.29, 0.717) is 4.47 Å². The minimum atomic E-state index is -0.280. The number of nitrogens with zero attached hydrogens (tertiary/aromatic N) is 2. The summed E-state index contributed by atoms with van der Waals surface area (Å²) in [6.07, 6.45) is 4.51. The van der Waals surface area contributed by atoms with Gasteiger partial charge in [-0.05, 0) is 40.5 Å². The highest BCUT2D eigenvalue weighted by Gasteiger charge is 2.06. The first-order valence-electron chi connectivity index (χ1n) is 5.45. The van der Waals surface area contributed by atoms with Crippen molar-refractivity contribution in [3.63, 3.8) is 0 Å². The van der Waals surface area contributed by atoms with Gasteiger partial charge >= 0.3 is 0 Å². The van der Waals surface area contributed by atoms with E-state index < -0.39 is 0 Å². The van der Waals surface area contributed by atoms with Crippen molar-refractivity contribution >= 4 is 21.9 Å². The minimum Gasteiger partial charge on any atom is -0.355 e. The van der Waals surface area contributed by atoms with Crippen LogP contribution in [-0.4, -0.2) is 16.1 Å².